The van der Waals surface area contributed by atoms with Crippen molar-refractivity contribution in [3.05, 3.63) is 35.4 Å². The molecule has 1 aromatic rings. The third-order valence-electron chi connectivity index (χ3n) is 5.72. The smallest absolute Gasteiger partial charge is 0.230 e. The van der Waals surface area contributed by atoms with Gasteiger partial charge in [0.15, 0.2) is 5.96 Å². The highest BCUT2D eigenvalue weighted by atomic mass is 127. The largest absolute Gasteiger partial charge is 0.357 e. The van der Waals surface area contributed by atoms with E-state index in [1.165, 1.54) is 18.2 Å². The molecule has 1 fully saturated rings. The number of aliphatic imine (C=N–C) groups is 1. The zero-order valence-corrected chi connectivity index (χ0v) is 21.5. The summed E-state index contributed by atoms with van der Waals surface area (Å²) in [5.74, 6) is -0.490. The maximum atomic E-state index is 14.3. The Labute approximate surface area is 201 Å². The molecule has 1 aromatic carbocycles. The van der Waals surface area contributed by atoms with E-state index >= 15 is 0 Å². The normalized spacial score (nSPS) is 16.6. The molecule has 0 saturated heterocycles. The van der Waals surface area contributed by atoms with Crippen molar-refractivity contribution in [3.8, 4) is 0 Å². The molecular weight excluding hydrogens is 515 g/mol. The number of halogens is 3. The number of benzene rings is 1. The van der Waals surface area contributed by atoms with Crippen LogP contribution in [0.25, 0.3) is 0 Å². The van der Waals surface area contributed by atoms with E-state index in [1.54, 1.807) is 38.0 Å². The lowest BCUT2D eigenvalue weighted by molar-refractivity contribution is -0.138. The Morgan fingerprint density at radius 2 is 1.71 bits per heavy atom. The van der Waals surface area contributed by atoms with Gasteiger partial charge in [0, 0.05) is 32.7 Å². The fourth-order valence-corrected chi connectivity index (χ4v) is 4.10. The predicted molar refractivity (Wildman–Crippen MR) is 132 cm³/mol. The summed E-state index contributed by atoms with van der Waals surface area (Å²) < 4.78 is 28.6. The lowest BCUT2D eigenvalue weighted by Gasteiger charge is -2.30. The third kappa shape index (κ3) is 7.00. The first-order valence-electron chi connectivity index (χ1n) is 10.6. The second-order valence-corrected chi connectivity index (χ2v) is 8.38. The molecule has 2 rings (SSSR count). The first-order chi connectivity index (χ1) is 14.2. The summed E-state index contributed by atoms with van der Waals surface area (Å²) in [6.45, 7) is 3.25. The van der Waals surface area contributed by atoms with Gasteiger partial charge < -0.3 is 20.4 Å². The molecule has 31 heavy (non-hydrogen) atoms. The zero-order chi connectivity index (χ0) is 22.3. The molecular formula is C22H36F2IN5O. The topological polar surface area (TPSA) is 60.0 Å². The van der Waals surface area contributed by atoms with Crippen molar-refractivity contribution in [2.75, 3.05) is 47.8 Å². The van der Waals surface area contributed by atoms with E-state index in [9.17, 15) is 13.6 Å². The Hall–Kier alpha value is -1.49. The van der Waals surface area contributed by atoms with Crippen LogP contribution in [0.2, 0.25) is 0 Å². The molecule has 1 unspecified atom stereocenters. The monoisotopic (exact) mass is 551 g/mol. The summed E-state index contributed by atoms with van der Waals surface area (Å²) >= 11 is 0. The highest BCUT2D eigenvalue weighted by Gasteiger charge is 2.42. The standard InChI is InChI=1S/C22H35F2N5O.HI/c1-6-25-21(27-15-22(12-7-8-13-22)20(30)29(4)5)26-14-18(28(2)3)19-16(23)10-9-11-17(19)24;/h9-11,18H,6-8,12-15H2,1-5H3,(H2,25,26,27);1H. The molecule has 0 spiro atoms. The lowest BCUT2D eigenvalue weighted by atomic mass is 9.85. The van der Waals surface area contributed by atoms with E-state index < -0.39 is 23.1 Å². The SMILES string of the molecule is CCNC(=NCC1(C(=O)N(C)C)CCCC1)NCC(c1c(F)cccc1F)N(C)C.I. The molecule has 0 heterocycles. The number of carbonyl (C=O) groups excluding carboxylic acids is 1. The third-order valence-corrected chi connectivity index (χ3v) is 5.72. The van der Waals surface area contributed by atoms with Crippen molar-refractivity contribution in [2.45, 2.75) is 38.6 Å². The number of nitrogens with one attached hydrogen (secondary N) is 2. The molecule has 1 amide bonds. The molecule has 0 aliphatic heterocycles. The van der Waals surface area contributed by atoms with Gasteiger partial charge in [0.2, 0.25) is 5.91 Å². The van der Waals surface area contributed by atoms with E-state index in [-0.39, 0.29) is 42.0 Å². The van der Waals surface area contributed by atoms with Gasteiger partial charge in [0.25, 0.3) is 0 Å². The van der Waals surface area contributed by atoms with Crippen molar-refractivity contribution in [3.63, 3.8) is 0 Å². The number of likely N-dealkylation sites (N-methyl/N-ethyl adjacent to an activating group) is 1. The Morgan fingerprint density at radius 1 is 1.13 bits per heavy atom. The first-order valence-corrected chi connectivity index (χ1v) is 10.6. The average molecular weight is 551 g/mol. The van der Waals surface area contributed by atoms with E-state index in [1.807, 2.05) is 6.92 Å². The summed E-state index contributed by atoms with van der Waals surface area (Å²) in [4.78, 5) is 20.9. The van der Waals surface area contributed by atoms with Gasteiger partial charge in [-0.15, -0.1) is 24.0 Å². The molecule has 0 bridgehead atoms. The summed E-state index contributed by atoms with van der Waals surface area (Å²) in [5.41, 5.74) is -0.439. The fraction of sp³-hybridized carbons (Fsp3) is 0.636. The van der Waals surface area contributed by atoms with Crippen LogP contribution in [0.1, 0.15) is 44.2 Å². The van der Waals surface area contributed by atoms with E-state index in [4.69, 9.17) is 0 Å². The van der Waals surface area contributed by atoms with Crippen LogP contribution in [0.15, 0.2) is 23.2 Å². The second kappa shape index (κ2) is 12.5. The molecule has 176 valence electrons. The second-order valence-electron chi connectivity index (χ2n) is 8.38. The zero-order valence-electron chi connectivity index (χ0n) is 19.2. The van der Waals surface area contributed by atoms with E-state index in [2.05, 4.69) is 15.6 Å². The van der Waals surface area contributed by atoms with Gasteiger partial charge in [-0.1, -0.05) is 18.9 Å². The Bertz CT molecular complexity index is 731. The first kappa shape index (κ1) is 27.5. The van der Waals surface area contributed by atoms with Crippen LogP contribution in [-0.2, 0) is 4.79 Å². The van der Waals surface area contributed by atoms with Gasteiger partial charge >= 0.3 is 0 Å². The van der Waals surface area contributed by atoms with Gasteiger partial charge in [-0.2, -0.15) is 0 Å². The minimum Gasteiger partial charge on any atom is -0.357 e. The van der Waals surface area contributed by atoms with Crippen molar-refractivity contribution in [2.24, 2.45) is 10.4 Å². The number of hydrogen-bond donors (Lipinski definition) is 2. The summed E-state index contributed by atoms with van der Waals surface area (Å²) in [7, 11) is 7.12. The Morgan fingerprint density at radius 3 is 2.19 bits per heavy atom. The van der Waals surface area contributed by atoms with Crippen LogP contribution in [0.3, 0.4) is 0 Å². The van der Waals surface area contributed by atoms with Crippen LogP contribution < -0.4 is 10.6 Å². The van der Waals surface area contributed by atoms with Crippen LogP contribution in [0.5, 0.6) is 0 Å². The van der Waals surface area contributed by atoms with E-state index in [0.717, 1.165) is 25.7 Å². The number of amides is 1. The maximum absolute atomic E-state index is 14.3. The Kier molecular flexibility index (Phi) is 11.1. The maximum Gasteiger partial charge on any atom is 0.230 e. The van der Waals surface area contributed by atoms with Crippen molar-refractivity contribution >= 4 is 35.8 Å². The lowest BCUT2D eigenvalue weighted by Crippen LogP contribution is -2.44. The van der Waals surface area contributed by atoms with E-state index in [0.29, 0.717) is 19.0 Å². The van der Waals surface area contributed by atoms with Gasteiger partial charge in [-0.25, -0.2) is 8.78 Å². The molecule has 2 N–H and O–H groups in total. The van der Waals surface area contributed by atoms with Gasteiger partial charge in [-0.3, -0.25) is 9.79 Å². The highest BCUT2D eigenvalue weighted by Crippen LogP contribution is 2.39. The van der Waals surface area contributed by atoms with Crippen molar-refractivity contribution in [1.29, 1.82) is 0 Å². The van der Waals surface area contributed by atoms with Gasteiger partial charge in [0.05, 0.1) is 18.0 Å². The molecule has 1 aliphatic carbocycles. The molecule has 6 nitrogen and oxygen atoms in total. The summed E-state index contributed by atoms with van der Waals surface area (Å²) in [6.07, 6.45) is 3.70. The Balaban J connectivity index is 0.00000480. The molecule has 9 heteroatoms. The van der Waals surface area contributed by atoms with Gasteiger partial charge in [0.1, 0.15) is 11.6 Å². The predicted octanol–water partition coefficient (Wildman–Crippen LogP) is 3.39. The minimum absolute atomic E-state index is 0. The molecule has 1 atom stereocenters. The quantitative estimate of drug-likeness (QED) is 0.296. The van der Waals surface area contributed by atoms with Crippen LogP contribution in [0, 0.1) is 17.0 Å². The molecule has 1 aliphatic rings. The van der Waals surface area contributed by atoms with Crippen LogP contribution in [-0.4, -0.2) is 69.5 Å². The number of nitrogens with zero attached hydrogens (tertiary/aromatic N) is 3. The number of carbonyl (C=O) groups is 1. The highest BCUT2D eigenvalue weighted by molar-refractivity contribution is 14.0. The summed E-state index contributed by atoms with van der Waals surface area (Å²) in [6, 6.07) is 3.39. The van der Waals surface area contributed by atoms with Crippen molar-refractivity contribution in [1.82, 2.24) is 20.4 Å². The van der Waals surface area contributed by atoms with Crippen molar-refractivity contribution < 1.29 is 13.6 Å². The molecule has 0 radical (unpaired) electrons. The fourth-order valence-electron chi connectivity index (χ4n) is 4.10. The molecule has 1 saturated carbocycles. The van der Waals surface area contributed by atoms with Crippen LogP contribution in [0.4, 0.5) is 8.78 Å². The number of hydrogen-bond acceptors (Lipinski definition) is 3. The summed E-state index contributed by atoms with van der Waals surface area (Å²) in [5, 5.41) is 6.38. The van der Waals surface area contributed by atoms with Gasteiger partial charge in [-0.05, 0) is 46.0 Å². The number of rotatable bonds is 8. The molecule has 0 aromatic heterocycles. The number of guanidine groups is 1. The average Bonchev–Trinajstić information content (AvgIpc) is 3.17. The minimum atomic E-state index is -0.570. The van der Waals surface area contributed by atoms with Crippen LogP contribution >= 0.6 is 24.0 Å².